The van der Waals surface area contributed by atoms with Gasteiger partial charge in [0.05, 0.1) is 11.4 Å². The third-order valence-corrected chi connectivity index (χ3v) is 6.77. The Bertz CT molecular complexity index is 1070. The molecule has 3 rings (SSSR count). The van der Waals surface area contributed by atoms with Gasteiger partial charge < -0.3 is 21.1 Å². The number of nitrogens with two attached hydrogens (primary N) is 2. The minimum absolute atomic E-state index is 0.0469. The van der Waals surface area contributed by atoms with Crippen molar-refractivity contribution in [3.05, 3.63) is 84.6 Å². The van der Waals surface area contributed by atoms with Gasteiger partial charge >= 0.3 is 11.9 Å². The number of aromatic nitrogens is 3. The van der Waals surface area contributed by atoms with E-state index in [4.69, 9.17) is 21.1 Å². The summed E-state index contributed by atoms with van der Waals surface area (Å²) in [6.07, 6.45) is 8.82. The van der Waals surface area contributed by atoms with E-state index in [1.165, 1.54) is 35.8 Å². The van der Waals surface area contributed by atoms with E-state index in [-0.39, 0.29) is 18.7 Å². The lowest BCUT2D eigenvalue weighted by Crippen LogP contribution is -2.52. The Hall–Kier alpha value is -3.19. The standard InChI is InChI=1S/C25H30N6O4S2/c1-36-17-12-24(26,19-9-3-6-14-28-19)22(32)34-31(21-11-5-8-16-30-21)35-23(33)25(27,13-18-37-2)20-10-4-7-15-29-20/h3-11,14-16H,12-13,17-18,26-27H2,1-2H3. The van der Waals surface area contributed by atoms with Crippen molar-refractivity contribution in [1.82, 2.24) is 15.0 Å². The SMILES string of the molecule is CSCCC(N)(C(=O)ON(OC(=O)C(N)(CCSC)c1ccccn1)c1ccccn1)c1ccccn1. The molecule has 0 aliphatic rings. The second kappa shape index (κ2) is 13.4. The summed E-state index contributed by atoms with van der Waals surface area (Å²) in [4.78, 5) is 50.9. The zero-order valence-electron chi connectivity index (χ0n) is 20.6. The molecule has 4 N–H and O–H groups in total. The zero-order chi connectivity index (χ0) is 26.7. The van der Waals surface area contributed by atoms with Crippen LogP contribution in [0, 0.1) is 0 Å². The number of anilines is 1. The highest BCUT2D eigenvalue weighted by Crippen LogP contribution is 2.28. The summed E-state index contributed by atoms with van der Waals surface area (Å²) in [5, 5.41) is 0.651. The van der Waals surface area contributed by atoms with Gasteiger partial charge in [0.15, 0.2) is 11.1 Å². The average molecular weight is 543 g/mol. The predicted molar refractivity (Wildman–Crippen MR) is 145 cm³/mol. The Kier molecular flexibility index (Phi) is 10.3. The summed E-state index contributed by atoms with van der Waals surface area (Å²) in [5.74, 6) is -0.574. The third kappa shape index (κ3) is 6.98. The normalized spacial score (nSPS) is 14.2. The monoisotopic (exact) mass is 542 g/mol. The van der Waals surface area contributed by atoms with Crippen LogP contribution in [-0.4, -0.2) is 50.9 Å². The first-order chi connectivity index (χ1) is 17.8. The molecule has 0 fully saturated rings. The van der Waals surface area contributed by atoms with E-state index >= 15 is 0 Å². The maximum atomic E-state index is 13.5. The Morgan fingerprint density at radius 2 is 1.19 bits per heavy atom. The lowest BCUT2D eigenvalue weighted by molar-refractivity contribution is -0.183. The molecule has 2 unspecified atom stereocenters. The van der Waals surface area contributed by atoms with Crippen LogP contribution >= 0.6 is 23.5 Å². The molecule has 37 heavy (non-hydrogen) atoms. The van der Waals surface area contributed by atoms with Crippen LogP contribution in [0.3, 0.4) is 0 Å². The molecule has 10 nitrogen and oxygen atoms in total. The van der Waals surface area contributed by atoms with Crippen LogP contribution in [0.4, 0.5) is 5.82 Å². The predicted octanol–water partition coefficient (Wildman–Crippen LogP) is 2.81. The topological polar surface area (TPSA) is 147 Å². The molecule has 3 aromatic rings. The summed E-state index contributed by atoms with van der Waals surface area (Å²) in [6.45, 7) is 0. The molecule has 0 spiro atoms. The number of carbonyl (C=O) groups excluding carboxylic acids is 2. The second-order valence-corrected chi connectivity index (χ2v) is 10.0. The first-order valence-corrected chi connectivity index (χ1v) is 14.2. The number of carbonyl (C=O) groups is 2. The van der Waals surface area contributed by atoms with Crippen molar-refractivity contribution < 1.29 is 19.3 Å². The van der Waals surface area contributed by atoms with E-state index in [1.807, 2.05) is 12.5 Å². The molecule has 0 bridgehead atoms. The van der Waals surface area contributed by atoms with Crippen LogP contribution in [0.25, 0.3) is 0 Å². The average Bonchev–Trinajstić information content (AvgIpc) is 2.95. The molecule has 0 aromatic carbocycles. The first-order valence-electron chi connectivity index (χ1n) is 11.4. The van der Waals surface area contributed by atoms with Crippen molar-refractivity contribution in [2.24, 2.45) is 11.5 Å². The highest BCUT2D eigenvalue weighted by Gasteiger charge is 2.44. The minimum Gasteiger partial charge on any atom is -0.311 e. The molecule has 3 heterocycles. The molecular weight excluding hydrogens is 512 g/mol. The highest BCUT2D eigenvalue weighted by atomic mass is 32.2. The van der Waals surface area contributed by atoms with Crippen molar-refractivity contribution in [3.63, 3.8) is 0 Å². The quantitative estimate of drug-likeness (QED) is 0.306. The lowest BCUT2D eigenvalue weighted by Gasteiger charge is -2.31. The Morgan fingerprint density at radius 1 is 0.757 bits per heavy atom. The Labute approximate surface area is 224 Å². The van der Waals surface area contributed by atoms with E-state index in [2.05, 4.69) is 15.0 Å². The van der Waals surface area contributed by atoms with Gasteiger partial charge in [0, 0.05) is 18.6 Å². The summed E-state index contributed by atoms with van der Waals surface area (Å²) in [6, 6.07) is 15.0. The Morgan fingerprint density at radius 3 is 1.54 bits per heavy atom. The molecule has 3 aromatic heterocycles. The molecule has 0 saturated carbocycles. The van der Waals surface area contributed by atoms with Crippen LogP contribution in [0.15, 0.2) is 73.2 Å². The first kappa shape index (κ1) is 28.4. The van der Waals surface area contributed by atoms with Crippen molar-refractivity contribution in [1.29, 1.82) is 0 Å². The van der Waals surface area contributed by atoms with Gasteiger partial charge in [-0.2, -0.15) is 23.5 Å². The van der Waals surface area contributed by atoms with Crippen molar-refractivity contribution >= 4 is 41.3 Å². The molecule has 0 aliphatic carbocycles. The van der Waals surface area contributed by atoms with Gasteiger partial charge in [-0.25, -0.2) is 14.6 Å². The molecular formula is C25H30N6O4S2. The zero-order valence-corrected chi connectivity index (χ0v) is 22.3. The second-order valence-electron chi connectivity index (χ2n) is 8.06. The van der Waals surface area contributed by atoms with Crippen LogP contribution < -0.4 is 16.7 Å². The molecule has 0 saturated heterocycles. The number of hydrogen-bond donors (Lipinski definition) is 2. The molecule has 0 aliphatic heterocycles. The maximum Gasteiger partial charge on any atom is 0.362 e. The number of pyridine rings is 3. The molecule has 0 radical (unpaired) electrons. The largest absolute Gasteiger partial charge is 0.362 e. The van der Waals surface area contributed by atoms with Crippen LogP contribution in [-0.2, 0) is 30.3 Å². The van der Waals surface area contributed by atoms with Gasteiger partial charge in [-0.05, 0) is 78.5 Å². The Balaban J connectivity index is 1.94. The lowest BCUT2D eigenvalue weighted by atomic mass is 9.93. The number of hydrogen-bond acceptors (Lipinski definition) is 12. The van der Waals surface area contributed by atoms with Crippen molar-refractivity contribution in [2.75, 3.05) is 29.2 Å². The van der Waals surface area contributed by atoms with Gasteiger partial charge in [0.2, 0.25) is 5.82 Å². The smallest absolute Gasteiger partial charge is 0.311 e. The van der Waals surface area contributed by atoms with Gasteiger partial charge in [-0.1, -0.05) is 18.2 Å². The fourth-order valence-electron chi connectivity index (χ4n) is 3.34. The van der Waals surface area contributed by atoms with Crippen LogP contribution in [0.5, 0.6) is 0 Å². The summed E-state index contributed by atoms with van der Waals surface area (Å²) < 4.78 is 0. The number of rotatable bonds is 13. The van der Waals surface area contributed by atoms with E-state index in [9.17, 15) is 9.59 Å². The third-order valence-electron chi connectivity index (χ3n) is 5.54. The molecule has 2 atom stereocenters. The fourth-order valence-corrected chi connectivity index (χ4v) is 4.39. The van der Waals surface area contributed by atoms with Gasteiger partial charge in [-0.3, -0.25) is 9.97 Å². The molecule has 196 valence electrons. The van der Waals surface area contributed by atoms with Crippen molar-refractivity contribution in [2.45, 2.75) is 23.9 Å². The van der Waals surface area contributed by atoms with Crippen LogP contribution in [0.2, 0.25) is 0 Å². The van der Waals surface area contributed by atoms with Crippen LogP contribution in [0.1, 0.15) is 24.2 Å². The van der Waals surface area contributed by atoms with E-state index in [0.29, 0.717) is 28.1 Å². The number of nitrogens with zero attached hydrogens (tertiary/aromatic N) is 4. The highest BCUT2D eigenvalue weighted by molar-refractivity contribution is 7.98. The summed E-state index contributed by atoms with van der Waals surface area (Å²) >= 11 is 3.05. The number of thioether (sulfide) groups is 2. The molecule has 0 amide bonds. The summed E-state index contributed by atoms with van der Waals surface area (Å²) in [7, 11) is 0. The van der Waals surface area contributed by atoms with Gasteiger partial charge in [0.1, 0.15) is 0 Å². The summed E-state index contributed by atoms with van der Waals surface area (Å²) in [5.41, 5.74) is 10.6. The maximum absolute atomic E-state index is 13.5. The van der Waals surface area contributed by atoms with E-state index < -0.39 is 23.0 Å². The van der Waals surface area contributed by atoms with Crippen molar-refractivity contribution in [3.8, 4) is 0 Å². The molecule has 12 heteroatoms. The fraction of sp³-hybridized carbons (Fsp3) is 0.320. The van der Waals surface area contributed by atoms with E-state index in [0.717, 1.165) is 0 Å². The van der Waals surface area contributed by atoms with Gasteiger partial charge in [0.25, 0.3) is 0 Å². The van der Waals surface area contributed by atoms with Gasteiger partial charge in [-0.15, -0.1) is 0 Å². The van der Waals surface area contributed by atoms with E-state index in [1.54, 1.807) is 60.9 Å². The minimum atomic E-state index is -1.61.